The molecule has 1 aliphatic carbocycles. The van der Waals surface area contributed by atoms with Crippen molar-refractivity contribution in [2.24, 2.45) is 0 Å². The lowest BCUT2D eigenvalue weighted by atomic mass is 10.1. The van der Waals surface area contributed by atoms with Gasteiger partial charge in [0.05, 0.1) is 20.6 Å². The van der Waals surface area contributed by atoms with Crippen LogP contribution in [0.15, 0.2) is 65.6 Å². The van der Waals surface area contributed by atoms with Crippen LogP contribution in [0.2, 0.25) is 20.1 Å². The van der Waals surface area contributed by atoms with Crippen LogP contribution in [0.25, 0.3) is 0 Å². The zero-order chi connectivity index (χ0) is 30.6. The van der Waals surface area contributed by atoms with Crippen molar-refractivity contribution in [3.63, 3.8) is 0 Å². The van der Waals surface area contributed by atoms with E-state index in [1.165, 1.54) is 35.2 Å². The first kappa shape index (κ1) is 32.4. The molecule has 0 heterocycles. The van der Waals surface area contributed by atoms with E-state index in [9.17, 15) is 18.0 Å². The van der Waals surface area contributed by atoms with E-state index in [-0.39, 0.29) is 39.1 Å². The summed E-state index contributed by atoms with van der Waals surface area (Å²) in [5, 5.41) is 4.01. The van der Waals surface area contributed by atoms with E-state index in [1.54, 1.807) is 37.3 Å². The van der Waals surface area contributed by atoms with Crippen molar-refractivity contribution in [2.75, 3.05) is 10.8 Å². The van der Waals surface area contributed by atoms with Crippen LogP contribution >= 0.6 is 46.4 Å². The standard InChI is InChI=1S/C30H31Cl4N3O4S/c1-19-10-13-23(14-11-19)42(40,41)37(22-12-15-27(33)28(34)16-22)18-29(38)36(17-24-25(31)8-5-9-26(24)32)20(2)30(39)35-21-6-3-4-7-21/h5,8-16,20-21H,3-4,6-7,17-18H2,1-2H3,(H,35,39)/t20-/m0/s1. The third-order valence-corrected chi connectivity index (χ3v) is 10.6. The summed E-state index contributed by atoms with van der Waals surface area (Å²) >= 11 is 25.3. The van der Waals surface area contributed by atoms with Gasteiger partial charge in [-0.15, -0.1) is 0 Å². The molecule has 2 amide bonds. The monoisotopic (exact) mass is 669 g/mol. The van der Waals surface area contributed by atoms with Gasteiger partial charge in [0.25, 0.3) is 10.0 Å². The average Bonchev–Trinajstić information content (AvgIpc) is 3.46. The lowest BCUT2D eigenvalue weighted by Crippen LogP contribution is -2.52. The van der Waals surface area contributed by atoms with Gasteiger partial charge in [0.2, 0.25) is 11.8 Å². The number of aryl methyl sites for hydroxylation is 1. The molecule has 4 rings (SSSR count). The molecule has 1 aliphatic rings. The maximum atomic E-state index is 14.1. The number of anilines is 1. The van der Waals surface area contributed by atoms with Crippen molar-refractivity contribution in [3.8, 4) is 0 Å². The summed E-state index contributed by atoms with van der Waals surface area (Å²) in [4.78, 5) is 28.8. The second-order valence-corrected chi connectivity index (χ2v) is 13.8. The molecule has 7 nitrogen and oxygen atoms in total. The number of carbonyl (C=O) groups excluding carboxylic acids is 2. The van der Waals surface area contributed by atoms with Crippen LogP contribution in [-0.4, -0.2) is 43.8 Å². The number of hydrogen-bond donors (Lipinski definition) is 1. The minimum atomic E-state index is -4.25. The average molecular weight is 671 g/mol. The maximum Gasteiger partial charge on any atom is 0.264 e. The fourth-order valence-corrected chi connectivity index (χ4v) is 7.05. The highest BCUT2D eigenvalue weighted by molar-refractivity contribution is 7.92. The smallest absolute Gasteiger partial charge is 0.264 e. The third-order valence-electron chi connectivity index (χ3n) is 7.34. The summed E-state index contributed by atoms with van der Waals surface area (Å²) in [6.45, 7) is 2.70. The normalized spacial score (nSPS) is 14.4. The van der Waals surface area contributed by atoms with Crippen LogP contribution in [0, 0.1) is 6.92 Å². The summed E-state index contributed by atoms with van der Waals surface area (Å²) in [5.41, 5.74) is 1.45. The Morgan fingerprint density at radius 2 is 1.52 bits per heavy atom. The summed E-state index contributed by atoms with van der Waals surface area (Å²) in [6, 6.07) is 14.6. The van der Waals surface area contributed by atoms with Gasteiger partial charge in [-0.25, -0.2) is 8.42 Å². The fraction of sp³-hybridized carbons (Fsp3) is 0.333. The maximum absolute atomic E-state index is 14.1. The highest BCUT2D eigenvalue weighted by Crippen LogP contribution is 2.32. The predicted molar refractivity (Wildman–Crippen MR) is 169 cm³/mol. The Labute approximate surface area is 266 Å². The quantitative estimate of drug-likeness (QED) is 0.246. The van der Waals surface area contributed by atoms with Crippen LogP contribution in [-0.2, 0) is 26.2 Å². The van der Waals surface area contributed by atoms with Crippen molar-refractivity contribution in [3.05, 3.63) is 91.9 Å². The Bertz CT molecular complexity index is 1540. The number of rotatable bonds is 10. The zero-order valence-corrected chi connectivity index (χ0v) is 27.0. The molecule has 3 aromatic rings. The number of hydrogen-bond acceptors (Lipinski definition) is 4. The van der Waals surface area contributed by atoms with Crippen molar-refractivity contribution in [2.45, 2.75) is 63.1 Å². The minimum absolute atomic E-state index is 0.0142. The summed E-state index contributed by atoms with van der Waals surface area (Å²) in [6.07, 6.45) is 3.77. The van der Waals surface area contributed by atoms with Crippen molar-refractivity contribution >= 4 is 73.9 Å². The van der Waals surface area contributed by atoms with Crippen LogP contribution in [0.4, 0.5) is 5.69 Å². The van der Waals surface area contributed by atoms with Gasteiger partial charge in [0, 0.05) is 28.2 Å². The van der Waals surface area contributed by atoms with Gasteiger partial charge in [0.1, 0.15) is 12.6 Å². The van der Waals surface area contributed by atoms with E-state index in [0.29, 0.717) is 15.6 Å². The minimum Gasteiger partial charge on any atom is -0.352 e. The van der Waals surface area contributed by atoms with Gasteiger partial charge < -0.3 is 10.2 Å². The molecule has 42 heavy (non-hydrogen) atoms. The first-order valence-electron chi connectivity index (χ1n) is 13.5. The molecule has 0 radical (unpaired) electrons. The number of carbonyl (C=O) groups is 2. The first-order valence-corrected chi connectivity index (χ1v) is 16.4. The van der Waals surface area contributed by atoms with E-state index in [2.05, 4.69) is 5.32 Å². The van der Waals surface area contributed by atoms with Gasteiger partial charge in [-0.05, 0) is 69.2 Å². The molecule has 0 unspecified atom stereocenters. The molecule has 1 atom stereocenters. The van der Waals surface area contributed by atoms with E-state index < -0.39 is 28.5 Å². The fourth-order valence-electron chi connectivity index (χ4n) is 4.83. The molecular weight excluding hydrogens is 640 g/mol. The molecule has 1 saturated carbocycles. The molecule has 12 heteroatoms. The molecule has 1 N–H and O–H groups in total. The lowest BCUT2D eigenvalue weighted by Gasteiger charge is -2.33. The topological polar surface area (TPSA) is 86.8 Å². The van der Waals surface area contributed by atoms with Crippen molar-refractivity contribution in [1.29, 1.82) is 0 Å². The van der Waals surface area contributed by atoms with Gasteiger partial charge in [0.15, 0.2) is 0 Å². The number of nitrogens with one attached hydrogen (secondary N) is 1. The zero-order valence-electron chi connectivity index (χ0n) is 23.1. The van der Waals surface area contributed by atoms with Gasteiger partial charge in [-0.3, -0.25) is 13.9 Å². The molecule has 0 saturated heterocycles. The molecule has 0 aliphatic heterocycles. The molecule has 0 aromatic heterocycles. The number of benzene rings is 3. The Balaban J connectivity index is 1.73. The number of amides is 2. The Morgan fingerprint density at radius 3 is 2.12 bits per heavy atom. The summed E-state index contributed by atoms with van der Waals surface area (Å²) in [5.74, 6) is -0.984. The largest absolute Gasteiger partial charge is 0.352 e. The Morgan fingerprint density at radius 1 is 0.905 bits per heavy atom. The van der Waals surface area contributed by atoms with Crippen molar-refractivity contribution in [1.82, 2.24) is 10.2 Å². The lowest BCUT2D eigenvalue weighted by molar-refractivity contribution is -0.139. The second kappa shape index (κ2) is 13.9. The second-order valence-electron chi connectivity index (χ2n) is 10.3. The third kappa shape index (κ3) is 7.53. The highest BCUT2D eigenvalue weighted by Gasteiger charge is 2.34. The van der Waals surface area contributed by atoms with E-state index >= 15 is 0 Å². The van der Waals surface area contributed by atoms with E-state index in [0.717, 1.165) is 35.6 Å². The van der Waals surface area contributed by atoms with Crippen LogP contribution in [0.5, 0.6) is 0 Å². The van der Waals surface area contributed by atoms with Crippen molar-refractivity contribution < 1.29 is 18.0 Å². The SMILES string of the molecule is Cc1ccc(S(=O)(=O)N(CC(=O)N(Cc2c(Cl)cccc2Cl)[C@@H](C)C(=O)NC2CCCC2)c2ccc(Cl)c(Cl)c2)cc1. The Kier molecular flexibility index (Phi) is 10.7. The number of halogens is 4. The van der Waals surface area contributed by atoms with Gasteiger partial charge in [-0.1, -0.05) is 83.0 Å². The van der Waals surface area contributed by atoms with Crippen LogP contribution in [0.1, 0.15) is 43.7 Å². The molecular formula is C30H31Cl4N3O4S. The first-order chi connectivity index (χ1) is 19.9. The van der Waals surface area contributed by atoms with Crippen LogP contribution < -0.4 is 9.62 Å². The molecule has 0 spiro atoms. The predicted octanol–water partition coefficient (Wildman–Crippen LogP) is 7.28. The molecule has 0 bridgehead atoms. The molecule has 1 fully saturated rings. The highest BCUT2D eigenvalue weighted by atomic mass is 35.5. The molecule has 3 aromatic carbocycles. The summed E-state index contributed by atoms with van der Waals surface area (Å²) < 4.78 is 28.9. The summed E-state index contributed by atoms with van der Waals surface area (Å²) in [7, 11) is -4.25. The van der Waals surface area contributed by atoms with Gasteiger partial charge in [-0.2, -0.15) is 0 Å². The van der Waals surface area contributed by atoms with E-state index in [1.807, 2.05) is 6.92 Å². The van der Waals surface area contributed by atoms with Crippen LogP contribution in [0.3, 0.4) is 0 Å². The Hall–Kier alpha value is -2.49. The van der Waals surface area contributed by atoms with E-state index in [4.69, 9.17) is 46.4 Å². The van der Waals surface area contributed by atoms with Gasteiger partial charge >= 0.3 is 0 Å². The number of nitrogens with zero attached hydrogens (tertiary/aromatic N) is 2. The number of sulfonamides is 1. The molecule has 224 valence electrons.